The van der Waals surface area contributed by atoms with E-state index in [0.29, 0.717) is 25.3 Å². The minimum atomic E-state index is -0.357. The number of carbonyl (C=O) groups excluding carboxylic acids is 2. The van der Waals surface area contributed by atoms with Crippen LogP contribution in [0.4, 0.5) is 5.69 Å². The van der Waals surface area contributed by atoms with Crippen LogP contribution in [0.2, 0.25) is 0 Å². The van der Waals surface area contributed by atoms with Gasteiger partial charge in [0.05, 0.1) is 11.6 Å². The summed E-state index contributed by atoms with van der Waals surface area (Å²) in [5, 5.41) is 4.16. The molecule has 7 nitrogen and oxygen atoms in total. The lowest BCUT2D eigenvalue weighted by Crippen LogP contribution is -2.44. The van der Waals surface area contributed by atoms with E-state index >= 15 is 0 Å². The Morgan fingerprint density at radius 3 is 2.84 bits per heavy atom. The average molecular weight is 265 g/mol. The molecule has 7 heteroatoms. The fourth-order valence-electron chi connectivity index (χ4n) is 2.31. The predicted octanol–water partition coefficient (Wildman–Crippen LogP) is -0.177. The molecule has 0 spiro atoms. The molecule has 1 aliphatic heterocycles. The van der Waals surface area contributed by atoms with Crippen LogP contribution in [-0.2, 0) is 11.3 Å². The number of hydrogen-bond donors (Lipinski definition) is 2. The maximum Gasteiger partial charge on any atom is 0.276 e. The Hall–Kier alpha value is -2.05. The van der Waals surface area contributed by atoms with Crippen molar-refractivity contribution in [1.29, 1.82) is 0 Å². The standard InChI is InChI=1S/C12H19N5O2/c1-2-17-7-9(13)10(15-17)12(19)16-5-3-4-8(6-16)11(14)18/h7-8H,2-6,13H2,1H3,(H2,14,18). The van der Waals surface area contributed by atoms with Crippen molar-refractivity contribution < 1.29 is 9.59 Å². The minimum Gasteiger partial charge on any atom is -0.396 e. The molecule has 0 bridgehead atoms. The van der Waals surface area contributed by atoms with Crippen molar-refractivity contribution in [3.63, 3.8) is 0 Å². The van der Waals surface area contributed by atoms with Gasteiger partial charge in [-0.1, -0.05) is 0 Å². The molecule has 0 aliphatic carbocycles. The number of rotatable bonds is 3. The molecule has 1 saturated heterocycles. The zero-order valence-electron chi connectivity index (χ0n) is 11.0. The van der Waals surface area contributed by atoms with Gasteiger partial charge in [-0.25, -0.2) is 0 Å². The van der Waals surface area contributed by atoms with Gasteiger partial charge in [0.2, 0.25) is 5.91 Å². The molecule has 19 heavy (non-hydrogen) atoms. The number of aromatic nitrogens is 2. The summed E-state index contributed by atoms with van der Waals surface area (Å²) in [6.07, 6.45) is 3.15. The van der Waals surface area contributed by atoms with Crippen molar-refractivity contribution in [3.8, 4) is 0 Å². The van der Waals surface area contributed by atoms with E-state index in [-0.39, 0.29) is 23.4 Å². The van der Waals surface area contributed by atoms with E-state index in [4.69, 9.17) is 11.5 Å². The molecule has 1 aliphatic rings. The third-order valence-electron chi connectivity index (χ3n) is 3.43. The molecule has 2 heterocycles. The molecule has 0 saturated carbocycles. The van der Waals surface area contributed by atoms with Crippen LogP contribution in [-0.4, -0.2) is 39.6 Å². The van der Waals surface area contributed by atoms with Crippen molar-refractivity contribution in [2.75, 3.05) is 18.8 Å². The topological polar surface area (TPSA) is 107 Å². The second-order valence-corrected chi connectivity index (χ2v) is 4.78. The Balaban J connectivity index is 2.14. The van der Waals surface area contributed by atoms with E-state index in [2.05, 4.69) is 5.10 Å². The smallest absolute Gasteiger partial charge is 0.276 e. The third-order valence-corrected chi connectivity index (χ3v) is 3.43. The lowest BCUT2D eigenvalue weighted by molar-refractivity contribution is -0.123. The Labute approximate surface area is 111 Å². The summed E-state index contributed by atoms with van der Waals surface area (Å²) < 4.78 is 1.62. The number of hydrogen-bond acceptors (Lipinski definition) is 4. The van der Waals surface area contributed by atoms with Gasteiger partial charge < -0.3 is 16.4 Å². The number of carbonyl (C=O) groups is 2. The Morgan fingerprint density at radius 1 is 1.53 bits per heavy atom. The number of piperidine rings is 1. The fraction of sp³-hybridized carbons (Fsp3) is 0.583. The molecule has 104 valence electrons. The van der Waals surface area contributed by atoms with Gasteiger partial charge in [-0.2, -0.15) is 5.10 Å². The van der Waals surface area contributed by atoms with Crippen LogP contribution in [0.3, 0.4) is 0 Å². The van der Waals surface area contributed by atoms with Crippen LogP contribution < -0.4 is 11.5 Å². The number of primary amides is 1. The van der Waals surface area contributed by atoms with Crippen LogP contribution in [0, 0.1) is 5.92 Å². The summed E-state index contributed by atoms with van der Waals surface area (Å²) in [6, 6.07) is 0. The van der Waals surface area contributed by atoms with Gasteiger partial charge in [-0.15, -0.1) is 0 Å². The molecule has 1 unspecified atom stereocenters. The highest BCUT2D eigenvalue weighted by molar-refractivity contribution is 5.97. The van der Waals surface area contributed by atoms with Crippen molar-refractivity contribution in [2.45, 2.75) is 26.3 Å². The minimum absolute atomic E-state index is 0.226. The third kappa shape index (κ3) is 2.69. The molecule has 0 aromatic carbocycles. The average Bonchev–Trinajstić information content (AvgIpc) is 2.79. The Kier molecular flexibility index (Phi) is 3.73. The van der Waals surface area contributed by atoms with E-state index in [1.807, 2.05) is 6.92 Å². The first-order valence-electron chi connectivity index (χ1n) is 6.44. The van der Waals surface area contributed by atoms with Gasteiger partial charge >= 0.3 is 0 Å². The van der Waals surface area contributed by atoms with Gasteiger partial charge in [0.1, 0.15) is 0 Å². The Bertz CT molecular complexity index is 496. The number of nitrogens with zero attached hydrogens (tertiary/aromatic N) is 3. The maximum absolute atomic E-state index is 12.3. The van der Waals surface area contributed by atoms with E-state index in [0.717, 1.165) is 12.8 Å². The maximum atomic E-state index is 12.3. The number of aryl methyl sites for hydroxylation is 1. The Morgan fingerprint density at radius 2 is 2.26 bits per heavy atom. The van der Waals surface area contributed by atoms with Crippen LogP contribution in [0.1, 0.15) is 30.3 Å². The van der Waals surface area contributed by atoms with Gasteiger partial charge in [0.15, 0.2) is 5.69 Å². The van der Waals surface area contributed by atoms with Gasteiger partial charge in [-0.3, -0.25) is 14.3 Å². The monoisotopic (exact) mass is 265 g/mol. The lowest BCUT2D eigenvalue weighted by atomic mass is 9.97. The predicted molar refractivity (Wildman–Crippen MR) is 70.1 cm³/mol. The van der Waals surface area contributed by atoms with Crippen LogP contribution in [0.15, 0.2) is 6.20 Å². The second kappa shape index (κ2) is 5.29. The first-order valence-corrected chi connectivity index (χ1v) is 6.44. The molecule has 1 aromatic heterocycles. The number of nitrogen functional groups attached to an aromatic ring is 1. The summed E-state index contributed by atoms with van der Waals surface area (Å²) >= 11 is 0. The molecule has 4 N–H and O–H groups in total. The second-order valence-electron chi connectivity index (χ2n) is 4.78. The molecular weight excluding hydrogens is 246 g/mol. The molecule has 2 rings (SSSR count). The molecule has 0 radical (unpaired) electrons. The molecule has 2 amide bonds. The van der Waals surface area contributed by atoms with Crippen molar-refractivity contribution in [1.82, 2.24) is 14.7 Å². The van der Waals surface area contributed by atoms with E-state index < -0.39 is 0 Å². The van der Waals surface area contributed by atoms with E-state index in [1.165, 1.54) is 0 Å². The molecular formula is C12H19N5O2. The van der Waals surface area contributed by atoms with Crippen LogP contribution in [0.25, 0.3) is 0 Å². The largest absolute Gasteiger partial charge is 0.396 e. The zero-order chi connectivity index (χ0) is 14.0. The van der Waals surface area contributed by atoms with Crippen molar-refractivity contribution >= 4 is 17.5 Å². The van der Waals surface area contributed by atoms with E-state index in [1.54, 1.807) is 15.8 Å². The molecule has 1 atom stereocenters. The van der Waals surface area contributed by atoms with Gasteiger partial charge in [0, 0.05) is 25.8 Å². The summed E-state index contributed by atoms with van der Waals surface area (Å²) in [6.45, 7) is 3.54. The SMILES string of the molecule is CCn1cc(N)c(C(=O)N2CCCC(C(N)=O)C2)n1. The van der Waals surface area contributed by atoms with E-state index in [9.17, 15) is 9.59 Å². The summed E-state index contributed by atoms with van der Waals surface area (Å²) in [5.74, 6) is -0.854. The first kappa shape index (κ1) is 13.4. The fourth-order valence-corrected chi connectivity index (χ4v) is 2.31. The quantitative estimate of drug-likeness (QED) is 0.790. The molecule has 1 aromatic rings. The lowest BCUT2D eigenvalue weighted by Gasteiger charge is -2.30. The van der Waals surface area contributed by atoms with Crippen LogP contribution >= 0.6 is 0 Å². The summed E-state index contributed by atoms with van der Waals surface area (Å²) in [5.41, 5.74) is 11.7. The first-order chi connectivity index (χ1) is 9.02. The highest BCUT2D eigenvalue weighted by Crippen LogP contribution is 2.20. The normalized spacial score (nSPS) is 19.4. The van der Waals surface area contributed by atoms with Crippen LogP contribution in [0.5, 0.6) is 0 Å². The van der Waals surface area contributed by atoms with Gasteiger partial charge in [0.25, 0.3) is 5.91 Å². The van der Waals surface area contributed by atoms with Gasteiger partial charge in [-0.05, 0) is 19.8 Å². The number of nitrogens with two attached hydrogens (primary N) is 2. The summed E-state index contributed by atoms with van der Waals surface area (Å²) in [7, 11) is 0. The van der Waals surface area contributed by atoms with Crippen molar-refractivity contribution in [2.24, 2.45) is 11.7 Å². The summed E-state index contributed by atoms with van der Waals surface area (Å²) in [4.78, 5) is 25.2. The zero-order valence-corrected chi connectivity index (χ0v) is 11.0. The highest BCUT2D eigenvalue weighted by atomic mass is 16.2. The molecule has 1 fully saturated rings. The number of likely N-dealkylation sites (tertiary alicyclic amines) is 1. The highest BCUT2D eigenvalue weighted by Gasteiger charge is 2.29. The number of anilines is 1. The number of amides is 2. The van der Waals surface area contributed by atoms with Crippen molar-refractivity contribution in [3.05, 3.63) is 11.9 Å².